The molecule has 0 aliphatic carbocycles. The van der Waals surface area contributed by atoms with Gasteiger partial charge in [0.05, 0.1) is 24.6 Å². The zero-order valence-corrected chi connectivity index (χ0v) is 18.3. The first-order valence-corrected chi connectivity index (χ1v) is 10.3. The average Bonchev–Trinajstić information content (AvgIpc) is 3.16. The summed E-state index contributed by atoms with van der Waals surface area (Å²) in [6.45, 7) is 6.77. The fourth-order valence-corrected chi connectivity index (χ4v) is 3.39. The third kappa shape index (κ3) is 5.55. The summed E-state index contributed by atoms with van der Waals surface area (Å²) in [5.41, 5.74) is 5.99. The number of rotatable bonds is 5. The lowest BCUT2D eigenvalue weighted by Crippen LogP contribution is -2.45. The molecular weight excluding hydrogens is 415 g/mol. The number of piperidine rings is 1. The van der Waals surface area contributed by atoms with Crippen LogP contribution in [0.1, 0.15) is 43.6 Å². The molecule has 1 saturated heterocycles. The van der Waals surface area contributed by atoms with Crippen LogP contribution in [0.15, 0.2) is 30.5 Å². The van der Waals surface area contributed by atoms with Crippen LogP contribution in [0.4, 0.5) is 20.7 Å². The van der Waals surface area contributed by atoms with Crippen LogP contribution in [0.25, 0.3) is 0 Å². The van der Waals surface area contributed by atoms with E-state index >= 15 is 0 Å². The van der Waals surface area contributed by atoms with Gasteiger partial charge in [-0.1, -0.05) is 20.8 Å². The Balaban J connectivity index is 1.83. The summed E-state index contributed by atoms with van der Waals surface area (Å²) in [6, 6.07) is 7.34. The summed E-state index contributed by atoms with van der Waals surface area (Å²) in [4.78, 5) is 26.1. The topological polar surface area (TPSA) is 126 Å². The number of amides is 2. The van der Waals surface area contributed by atoms with Crippen LogP contribution >= 0.6 is 0 Å². The van der Waals surface area contributed by atoms with Gasteiger partial charge in [-0.15, -0.1) is 0 Å². The van der Waals surface area contributed by atoms with Crippen molar-refractivity contribution in [2.45, 2.75) is 33.2 Å². The number of hydrogen-bond donors (Lipinski definition) is 2. The molecular formula is C22H27FN6O3. The molecule has 170 valence electrons. The number of aromatic nitrogens is 2. The molecule has 2 heterocycles. The van der Waals surface area contributed by atoms with Gasteiger partial charge < -0.3 is 20.7 Å². The number of likely N-dealkylation sites (tertiary alicyclic amines) is 1. The number of primary amides is 1. The van der Waals surface area contributed by atoms with Crippen LogP contribution in [0.3, 0.4) is 0 Å². The first kappa shape index (κ1) is 23.1. The maximum Gasteiger partial charge on any atom is 0.409 e. The zero-order valence-electron chi connectivity index (χ0n) is 18.3. The van der Waals surface area contributed by atoms with Gasteiger partial charge in [0.25, 0.3) is 5.91 Å². The molecule has 2 aromatic rings. The van der Waals surface area contributed by atoms with E-state index in [4.69, 9.17) is 10.5 Å². The summed E-state index contributed by atoms with van der Waals surface area (Å²) >= 11 is 0. The second-order valence-electron chi connectivity index (χ2n) is 9.02. The Morgan fingerprint density at radius 1 is 1.34 bits per heavy atom. The summed E-state index contributed by atoms with van der Waals surface area (Å²) in [6.07, 6.45) is 1.46. The number of nitrogens with two attached hydrogens (primary N) is 1. The molecule has 1 aromatic heterocycles. The van der Waals surface area contributed by atoms with E-state index in [9.17, 15) is 19.2 Å². The second-order valence-corrected chi connectivity index (χ2v) is 9.02. The van der Waals surface area contributed by atoms with E-state index in [1.54, 1.807) is 4.90 Å². The summed E-state index contributed by atoms with van der Waals surface area (Å²) < 4.78 is 20.1. The first-order valence-electron chi connectivity index (χ1n) is 10.3. The van der Waals surface area contributed by atoms with Crippen LogP contribution in [0.2, 0.25) is 0 Å². The van der Waals surface area contributed by atoms with E-state index in [0.717, 1.165) is 0 Å². The molecule has 1 aromatic carbocycles. The highest BCUT2D eigenvalue weighted by molar-refractivity contribution is 5.98. The predicted octanol–water partition coefficient (Wildman–Crippen LogP) is 3.43. The normalized spacial score (nSPS) is 18.7. The number of anilines is 2. The van der Waals surface area contributed by atoms with Gasteiger partial charge in [-0.3, -0.25) is 9.48 Å². The zero-order chi connectivity index (χ0) is 23.5. The number of nitrogens with one attached hydrogen (secondary N) is 1. The number of carbonyl (C=O) groups is 2. The van der Waals surface area contributed by atoms with Crippen LogP contribution < -0.4 is 11.1 Å². The van der Waals surface area contributed by atoms with Crippen molar-refractivity contribution in [1.29, 1.82) is 5.26 Å². The lowest BCUT2D eigenvalue weighted by molar-refractivity contribution is 0.0541. The van der Waals surface area contributed by atoms with E-state index in [0.29, 0.717) is 18.7 Å². The highest BCUT2D eigenvalue weighted by atomic mass is 19.1. The van der Waals surface area contributed by atoms with Gasteiger partial charge in [0.15, 0.2) is 5.82 Å². The standard InChI is InChI=1S/C22H27FN6O3/c1-22(2,3)13-32-21(31)28-9-8-14(10-24)18(12-28)29-11-17(19(25)30)20(27-29)26-16-6-4-15(23)5-7-16/h4-7,11,14,18H,8-9,12-13H2,1-3H3,(H2,25,30)(H,26,27)/t14-,18+/m1/s1. The maximum absolute atomic E-state index is 13.2. The van der Waals surface area contributed by atoms with Gasteiger partial charge in [-0.2, -0.15) is 10.4 Å². The minimum Gasteiger partial charge on any atom is -0.449 e. The maximum atomic E-state index is 13.2. The van der Waals surface area contributed by atoms with Gasteiger partial charge >= 0.3 is 6.09 Å². The third-order valence-electron chi connectivity index (χ3n) is 5.08. The number of benzene rings is 1. The van der Waals surface area contributed by atoms with Crippen molar-refractivity contribution in [3.05, 3.63) is 41.8 Å². The minimum atomic E-state index is -0.702. The van der Waals surface area contributed by atoms with Gasteiger partial charge in [0, 0.05) is 25.0 Å². The highest BCUT2D eigenvalue weighted by Gasteiger charge is 2.35. The van der Waals surface area contributed by atoms with Crippen molar-refractivity contribution in [3.63, 3.8) is 0 Å². The van der Waals surface area contributed by atoms with Crippen LogP contribution in [0, 0.1) is 28.5 Å². The van der Waals surface area contributed by atoms with Crippen molar-refractivity contribution < 1.29 is 18.7 Å². The molecule has 32 heavy (non-hydrogen) atoms. The second kappa shape index (κ2) is 9.26. The molecule has 0 saturated carbocycles. The van der Waals surface area contributed by atoms with Gasteiger partial charge in [0.1, 0.15) is 11.4 Å². The quantitative estimate of drug-likeness (QED) is 0.730. The molecule has 10 heteroatoms. The first-order chi connectivity index (χ1) is 15.1. The van der Waals surface area contributed by atoms with Crippen molar-refractivity contribution in [3.8, 4) is 6.07 Å². The molecule has 1 fully saturated rings. The van der Waals surface area contributed by atoms with Crippen LogP contribution in [-0.2, 0) is 4.74 Å². The number of nitrogens with zero attached hydrogens (tertiary/aromatic N) is 4. The van der Waals surface area contributed by atoms with Crippen molar-refractivity contribution in [1.82, 2.24) is 14.7 Å². The number of carbonyl (C=O) groups excluding carboxylic acids is 2. The number of ether oxygens (including phenoxy) is 1. The Hall–Kier alpha value is -3.61. The Morgan fingerprint density at radius 2 is 2.03 bits per heavy atom. The number of nitriles is 1. The Labute approximate surface area is 185 Å². The molecule has 3 rings (SSSR count). The predicted molar refractivity (Wildman–Crippen MR) is 116 cm³/mol. The smallest absolute Gasteiger partial charge is 0.409 e. The van der Waals surface area contributed by atoms with Gasteiger partial charge in [-0.25, -0.2) is 9.18 Å². The van der Waals surface area contributed by atoms with Crippen molar-refractivity contribution in [2.24, 2.45) is 17.1 Å². The van der Waals surface area contributed by atoms with Crippen molar-refractivity contribution in [2.75, 3.05) is 25.0 Å². The molecule has 0 radical (unpaired) electrons. The van der Waals surface area contributed by atoms with E-state index < -0.39 is 29.8 Å². The van der Waals surface area contributed by atoms with Crippen LogP contribution in [0.5, 0.6) is 0 Å². The van der Waals surface area contributed by atoms with Crippen LogP contribution in [-0.4, -0.2) is 46.4 Å². The van der Waals surface area contributed by atoms with Gasteiger partial charge in [0.2, 0.25) is 0 Å². The Bertz CT molecular complexity index is 1020. The Kier molecular flexibility index (Phi) is 6.67. The number of hydrogen-bond acceptors (Lipinski definition) is 6. The summed E-state index contributed by atoms with van der Waals surface area (Å²) in [5.74, 6) is -1.32. The molecule has 9 nitrogen and oxygen atoms in total. The number of halogens is 1. The lowest BCUT2D eigenvalue weighted by Gasteiger charge is -2.35. The fourth-order valence-electron chi connectivity index (χ4n) is 3.39. The minimum absolute atomic E-state index is 0.124. The molecule has 2 atom stereocenters. The summed E-state index contributed by atoms with van der Waals surface area (Å²) in [7, 11) is 0. The fraction of sp³-hybridized carbons (Fsp3) is 0.455. The van der Waals surface area contributed by atoms with Crippen molar-refractivity contribution >= 4 is 23.5 Å². The summed E-state index contributed by atoms with van der Waals surface area (Å²) in [5, 5.41) is 17.0. The lowest BCUT2D eigenvalue weighted by atomic mass is 9.93. The molecule has 2 amide bonds. The molecule has 0 unspecified atom stereocenters. The Morgan fingerprint density at radius 3 is 2.62 bits per heavy atom. The SMILES string of the molecule is CC(C)(C)COC(=O)N1CC[C@H](C#N)[C@@H](n2cc(C(N)=O)c(Nc3ccc(F)cc3)n2)C1. The van der Waals surface area contributed by atoms with E-state index in [1.807, 2.05) is 20.8 Å². The van der Waals surface area contributed by atoms with E-state index in [-0.39, 0.29) is 29.9 Å². The monoisotopic (exact) mass is 442 g/mol. The van der Waals surface area contributed by atoms with E-state index in [2.05, 4.69) is 16.5 Å². The highest BCUT2D eigenvalue weighted by Crippen LogP contribution is 2.30. The molecule has 0 spiro atoms. The molecule has 3 N–H and O–H groups in total. The van der Waals surface area contributed by atoms with E-state index in [1.165, 1.54) is 35.1 Å². The van der Waals surface area contributed by atoms with Gasteiger partial charge in [-0.05, 0) is 36.1 Å². The third-order valence-corrected chi connectivity index (χ3v) is 5.08. The molecule has 1 aliphatic rings. The molecule has 1 aliphatic heterocycles. The molecule has 0 bridgehead atoms. The largest absolute Gasteiger partial charge is 0.449 e. The average molecular weight is 442 g/mol.